The van der Waals surface area contributed by atoms with Gasteiger partial charge < -0.3 is 15.0 Å². The van der Waals surface area contributed by atoms with Crippen LogP contribution in [-0.2, 0) is 16.1 Å². The summed E-state index contributed by atoms with van der Waals surface area (Å²) in [6, 6.07) is 16.8. The lowest BCUT2D eigenvalue weighted by molar-refractivity contribution is -0.113. The predicted octanol–water partition coefficient (Wildman–Crippen LogP) is 3.34. The number of nitrogens with one attached hydrogen (secondary N) is 1. The fourth-order valence-corrected chi connectivity index (χ4v) is 3.99. The molecule has 1 aromatic heterocycles. The van der Waals surface area contributed by atoms with Gasteiger partial charge in [0.1, 0.15) is 0 Å². The first-order valence-electron chi connectivity index (χ1n) is 9.62. The molecule has 1 aliphatic rings. The smallest absolute Gasteiger partial charge is 0.340 e. The Morgan fingerprint density at radius 3 is 2.63 bits per heavy atom. The largest absolute Gasteiger partial charge is 0.462 e. The Labute approximate surface area is 178 Å². The first kappa shape index (κ1) is 20.0. The normalized spacial score (nSPS) is 12.5. The van der Waals surface area contributed by atoms with Crippen LogP contribution in [0.25, 0.3) is 0 Å². The minimum atomic E-state index is -0.461. The van der Waals surface area contributed by atoms with Gasteiger partial charge in [-0.2, -0.15) is 0 Å². The molecule has 0 spiro atoms. The lowest BCUT2D eigenvalue weighted by atomic mass is 10.2. The molecule has 1 N–H and O–H groups in total. The van der Waals surface area contributed by atoms with Crippen molar-refractivity contribution >= 4 is 41.0 Å². The number of esters is 1. The summed E-state index contributed by atoms with van der Waals surface area (Å²) in [5.74, 6) is 0.238. The van der Waals surface area contributed by atoms with Crippen molar-refractivity contribution in [3.05, 3.63) is 60.2 Å². The Hall–Kier alpha value is -3.33. The summed E-state index contributed by atoms with van der Waals surface area (Å²) in [5, 5.41) is 12.0. The maximum Gasteiger partial charge on any atom is 0.340 e. The van der Waals surface area contributed by atoms with Crippen LogP contribution < -0.4 is 10.2 Å². The van der Waals surface area contributed by atoms with E-state index >= 15 is 0 Å². The van der Waals surface area contributed by atoms with Gasteiger partial charge in [-0.05, 0) is 31.2 Å². The number of fused-ring (bicyclic) bond motifs is 1. The molecule has 0 saturated carbocycles. The Morgan fingerprint density at radius 2 is 1.83 bits per heavy atom. The van der Waals surface area contributed by atoms with E-state index in [1.54, 1.807) is 31.2 Å². The zero-order valence-electron chi connectivity index (χ0n) is 16.4. The van der Waals surface area contributed by atoms with Gasteiger partial charge in [-0.15, -0.1) is 10.2 Å². The van der Waals surface area contributed by atoms with E-state index in [1.165, 1.54) is 11.8 Å². The topological polar surface area (TPSA) is 89.3 Å². The van der Waals surface area contributed by atoms with Crippen LogP contribution in [0.4, 0.5) is 17.3 Å². The molecule has 0 radical (unpaired) electrons. The first-order chi connectivity index (χ1) is 14.7. The second-order valence-electron chi connectivity index (χ2n) is 6.52. The van der Waals surface area contributed by atoms with Crippen molar-refractivity contribution in [2.45, 2.75) is 18.6 Å². The standard InChI is InChI=1S/C21H21N5O3S/c1-2-29-19(28)16-10-6-7-11-17(16)22-18(27)14-30-21-24-23-20-25(12-13-26(20)21)15-8-4-3-5-9-15/h3-11H,2,12-14H2,1H3,(H,22,27). The van der Waals surface area contributed by atoms with Crippen LogP contribution in [0.5, 0.6) is 0 Å². The second kappa shape index (κ2) is 9.00. The van der Waals surface area contributed by atoms with Crippen LogP contribution in [0.15, 0.2) is 59.8 Å². The zero-order chi connectivity index (χ0) is 20.9. The molecule has 2 heterocycles. The van der Waals surface area contributed by atoms with Crippen LogP contribution in [0.1, 0.15) is 17.3 Å². The number of hydrogen-bond acceptors (Lipinski definition) is 7. The Morgan fingerprint density at radius 1 is 1.07 bits per heavy atom. The van der Waals surface area contributed by atoms with E-state index in [1.807, 2.05) is 34.9 Å². The van der Waals surface area contributed by atoms with Crippen molar-refractivity contribution in [3.8, 4) is 0 Å². The molecule has 30 heavy (non-hydrogen) atoms. The third-order valence-corrected chi connectivity index (χ3v) is 5.55. The summed E-state index contributed by atoms with van der Waals surface area (Å²) in [7, 11) is 0. The summed E-state index contributed by atoms with van der Waals surface area (Å²) < 4.78 is 7.06. The van der Waals surface area contributed by atoms with E-state index in [9.17, 15) is 9.59 Å². The zero-order valence-corrected chi connectivity index (χ0v) is 17.3. The van der Waals surface area contributed by atoms with Crippen molar-refractivity contribution in [2.75, 3.05) is 29.1 Å². The van der Waals surface area contributed by atoms with Crippen molar-refractivity contribution in [2.24, 2.45) is 0 Å². The summed E-state index contributed by atoms with van der Waals surface area (Å²) in [6.45, 7) is 3.58. The highest BCUT2D eigenvalue weighted by Gasteiger charge is 2.26. The Bertz CT molecular complexity index is 1050. The van der Waals surface area contributed by atoms with Crippen molar-refractivity contribution in [1.29, 1.82) is 0 Å². The number of amides is 1. The molecule has 0 unspecified atom stereocenters. The molecule has 1 aliphatic heterocycles. The average molecular weight is 423 g/mol. The lowest BCUT2D eigenvalue weighted by Crippen LogP contribution is -2.17. The van der Waals surface area contributed by atoms with Gasteiger partial charge in [0.15, 0.2) is 5.16 Å². The molecule has 0 bridgehead atoms. The molecule has 8 nitrogen and oxygen atoms in total. The van der Waals surface area contributed by atoms with E-state index in [2.05, 4.69) is 20.4 Å². The molecule has 2 aromatic carbocycles. The molecule has 4 rings (SSSR count). The van der Waals surface area contributed by atoms with Gasteiger partial charge in [-0.25, -0.2) is 4.79 Å². The highest BCUT2D eigenvalue weighted by atomic mass is 32.2. The van der Waals surface area contributed by atoms with Crippen molar-refractivity contribution in [3.63, 3.8) is 0 Å². The lowest BCUT2D eigenvalue weighted by Gasteiger charge is -2.14. The molecule has 154 valence electrons. The van der Waals surface area contributed by atoms with Crippen LogP contribution in [0.2, 0.25) is 0 Å². The number of rotatable bonds is 7. The highest BCUT2D eigenvalue weighted by molar-refractivity contribution is 7.99. The second-order valence-corrected chi connectivity index (χ2v) is 7.47. The summed E-state index contributed by atoms with van der Waals surface area (Å²) in [4.78, 5) is 26.6. The van der Waals surface area contributed by atoms with Gasteiger partial charge in [0, 0.05) is 18.8 Å². The minimum Gasteiger partial charge on any atom is -0.462 e. The maximum absolute atomic E-state index is 12.5. The van der Waals surface area contributed by atoms with E-state index in [-0.39, 0.29) is 18.3 Å². The quantitative estimate of drug-likeness (QED) is 0.460. The number of anilines is 3. The number of hydrogen-bond donors (Lipinski definition) is 1. The van der Waals surface area contributed by atoms with Gasteiger partial charge >= 0.3 is 5.97 Å². The van der Waals surface area contributed by atoms with Crippen LogP contribution in [0.3, 0.4) is 0 Å². The number of para-hydroxylation sites is 2. The van der Waals surface area contributed by atoms with Gasteiger partial charge in [0.05, 0.1) is 23.6 Å². The Balaban J connectivity index is 1.40. The van der Waals surface area contributed by atoms with Gasteiger partial charge in [0.25, 0.3) is 0 Å². The van der Waals surface area contributed by atoms with E-state index in [4.69, 9.17) is 4.74 Å². The third kappa shape index (κ3) is 4.16. The average Bonchev–Trinajstić information content (AvgIpc) is 3.36. The summed E-state index contributed by atoms with van der Waals surface area (Å²) >= 11 is 1.32. The van der Waals surface area contributed by atoms with Gasteiger partial charge in [0.2, 0.25) is 11.9 Å². The fraction of sp³-hybridized carbons (Fsp3) is 0.238. The molecule has 1 amide bonds. The molecule has 0 fully saturated rings. The van der Waals surface area contributed by atoms with Gasteiger partial charge in [-0.3, -0.25) is 9.36 Å². The number of aromatic nitrogens is 3. The SMILES string of the molecule is CCOC(=O)c1ccccc1NC(=O)CSc1nnc2n1CCN2c1ccccc1. The monoisotopic (exact) mass is 423 g/mol. The van der Waals surface area contributed by atoms with Crippen LogP contribution in [-0.4, -0.2) is 45.5 Å². The number of thioether (sulfide) groups is 1. The van der Waals surface area contributed by atoms with E-state index in [0.717, 1.165) is 24.7 Å². The molecular weight excluding hydrogens is 402 g/mol. The van der Waals surface area contributed by atoms with E-state index in [0.29, 0.717) is 16.4 Å². The molecule has 3 aromatic rings. The number of carbonyl (C=O) groups is 2. The van der Waals surface area contributed by atoms with Crippen molar-refractivity contribution in [1.82, 2.24) is 14.8 Å². The molecule has 9 heteroatoms. The van der Waals surface area contributed by atoms with Crippen molar-refractivity contribution < 1.29 is 14.3 Å². The maximum atomic E-state index is 12.5. The summed E-state index contributed by atoms with van der Waals surface area (Å²) in [6.07, 6.45) is 0. The summed E-state index contributed by atoms with van der Waals surface area (Å²) in [5.41, 5.74) is 1.83. The molecule has 0 atom stereocenters. The molecular formula is C21H21N5O3S. The van der Waals surface area contributed by atoms with Gasteiger partial charge in [-0.1, -0.05) is 42.1 Å². The molecule has 0 aliphatic carbocycles. The number of carbonyl (C=O) groups excluding carboxylic acids is 2. The fourth-order valence-electron chi connectivity index (χ4n) is 3.23. The minimum absolute atomic E-state index is 0.153. The van der Waals surface area contributed by atoms with Crippen LogP contribution >= 0.6 is 11.8 Å². The predicted molar refractivity (Wildman–Crippen MR) is 115 cm³/mol. The number of nitrogens with zero attached hydrogens (tertiary/aromatic N) is 4. The van der Waals surface area contributed by atoms with Crippen LogP contribution in [0, 0.1) is 0 Å². The number of benzene rings is 2. The highest BCUT2D eigenvalue weighted by Crippen LogP contribution is 2.31. The first-order valence-corrected chi connectivity index (χ1v) is 10.6. The third-order valence-electron chi connectivity index (χ3n) is 4.58. The molecule has 0 saturated heterocycles. The number of ether oxygens (including phenoxy) is 1. The Kier molecular flexibility index (Phi) is 5.99. The van der Waals surface area contributed by atoms with E-state index < -0.39 is 5.97 Å².